The predicted octanol–water partition coefficient (Wildman–Crippen LogP) is 4.99. The van der Waals surface area contributed by atoms with Crippen molar-refractivity contribution in [1.29, 1.82) is 0 Å². The Labute approximate surface area is 155 Å². The van der Waals surface area contributed by atoms with Gasteiger partial charge in [0.15, 0.2) is 0 Å². The molecule has 0 aliphatic carbocycles. The van der Waals surface area contributed by atoms with E-state index in [2.05, 4.69) is 55.8 Å². The molecule has 0 fully saturated rings. The zero-order chi connectivity index (χ0) is 18.2. The van der Waals surface area contributed by atoms with Gasteiger partial charge in [0.2, 0.25) is 5.91 Å². The minimum absolute atomic E-state index is 0.0268. The lowest BCUT2D eigenvalue weighted by molar-refractivity contribution is -0.117. The van der Waals surface area contributed by atoms with E-state index < -0.39 is 0 Å². The van der Waals surface area contributed by atoms with Crippen LogP contribution in [0.3, 0.4) is 0 Å². The summed E-state index contributed by atoms with van der Waals surface area (Å²) in [5.74, 6) is 0.461. The first-order valence-corrected chi connectivity index (χ1v) is 9.96. The van der Waals surface area contributed by atoms with Gasteiger partial charge in [-0.2, -0.15) is 0 Å². The van der Waals surface area contributed by atoms with Crippen molar-refractivity contribution < 1.29 is 4.79 Å². The van der Waals surface area contributed by atoms with Gasteiger partial charge in [-0.1, -0.05) is 44.2 Å². The third-order valence-electron chi connectivity index (χ3n) is 4.40. The molecule has 2 rings (SSSR count). The van der Waals surface area contributed by atoms with E-state index in [1.165, 1.54) is 16.0 Å². The number of carbonyl (C=O) groups excluding carboxylic acids is 1. The average molecular weight is 357 g/mol. The first-order chi connectivity index (χ1) is 12.0. The van der Waals surface area contributed by atoms with E-state index in [1.54, 1.807) is 11.8 Å². The summed E-state index contributed by atoms with van der Waals surface area (Å²) in [5, 5.41) is 3.08. The molecule has 0 aromatic heterocycles. The summed E-state index contributed by atoms with van der Waals surface area (Å²) in [6.45, 7) is 5.49. The number of amides is 1. The van der Waals surface area contributed by atoms with Crippen molar-refractivity contribution in [2.24, 2.45) is 0 Å². The van der Waals surface area contributed by atoms with Gasteiger partial charge in [-0.15, -0.1) is 11.8 Å². The smallest absolute Gasteiger partial charge is 0.238 e. The van der Waals surface area contributed by atoms with Crippen LogP contribution in [0.5, 0.6) is 0 Å². The maximum atomic E-state index is 12.4. The van der Waals surface area contributed by atoms with Gasteiger partial charge >= 0.3 is 0 Å². The van der Waals surface area contributed by atoms with Crippen LogP contribution in [-0.2, 0) is 11.3 Å². The summed E-state index contributed by atoms with van der Waals surface area (Å²) in [4.78, 5) is 15.7. The van der Waals surface area contributed by atoms with Gasteiger partial charge in [0.1, 0.15) is 0 Å². The number of benzene rings is 2. The maximum absolute atomic E-state index is 12.4. The number of rotatable bonds is 8. The largest absolute Gasteiger partial charge is 0.325 e. The first-order valence-electron chi connectivity index (χ1n) is 8.73. The van der Waals surface area contributed by atoms with Crippen LogP contribution in [0.1, 0.15) is 37.3 Å². The van der Waals surface area contributed by atoms with Crippen LogP contribution in [0.25, 0.3) is 0 Å². The highest BCUT2D eigenvalue weighted by Gasteiger charge is 2.12. The average Bonchev–Trinajstić information content (AvgIpc) is 2.62. The second kappa shape index (κ2) is 9.64. The molecule has 0 radical (unpaired) electrons. The highest BCUT2D eigenvalue weighted by molar-refractivity contribution is 7.98. The van der Waals surface area contributed by atoms with Crippen molar-refractivity contribution in [3.63, 3.8) is 0 Å². The third kappa shape index (κ3) is 5.91. The Kier molecular flexibility index (Phi) is 7.53. The molecule has 0 aliphatic heterocycles. The Bertz CT molecular complexity index is 685. The minimum Gasteiger partial charge on any atom is -0.325 e. The predicted molar refractivity (Wildman–Crippen MR) is 108 cm³/mol. The van der Waals surface area contributed by atoms with Gasteiger partial charge in [0.25, 0.3) is 0 Å². The summed E-state index contributed by atoms with van der Waals surface area (Å²) < 4.78 is 0. The number of para-hydroxylation sites is 1. The fraction of sp³-hybridized carbons (Fsp3) is 0.381. The van der Waals surface area contributed by atoms with Crippen molar-refractivity contribution in [2.45, 2.75) is 37.6 Å². The molecule has 3 nitrogen and oxygen atoms in total. The SMILES string of the molecule is CC[C@H](C)c1ccccc1NC(=O)CN(C)Cc1ccc(SC)cc1. The number of nitrogens with one attached hydrogen (secondary N) is 1. The molecule has 0 aliphatic rings. The van der Waals surface area contributed by atoms with Crippen LogP contribution < -0.4 is 5.32 Å². The topological polar surface area (TPSA) is 32.3 Å². The summed E-state index contributed by atoms with van der Waals surface area (Å²) in [6, 6.07) is 16.6. The Balaban J connectivity index is 1.93. The van der Waals surface area contributed by atoms with E-state index in [9.17, 15) is 4.79 Å². The first kappa shape index (κ1) is 19.5. The molecule has 4 heteroatoms. The number of hydrogen-bond acceptors (Lipinski definition) is 3. The van der Waals surface area contributed by atoms with Crippen LogP contribution in [-0.4, -0.2) is 30.7 Å². The molecule has 25 heavy (non-hydrogen) atoms. The number of anilines is 1. The van der Waals surface area contributed by atoms with Crippen LogP contribution in [0.4, 0.5) is 5.69 Å². The van der Waals surface area contributed by atoms with E-state index >= 15 is 0 Å². The fourth-order valence-electron chi connectivity index (χ4n) is 2.79. The van der Waals surface area contributed by atoms with Gasteiger partial charge in [-0.3, -0.25) is 9.69 Å². The maximum Gasteiger partial charge on any atom is 0.238 e. The van der Waals surface area contributed by atoms with E-state index in [-0.39, 0.29) is 5.91 Å². The Morgan fingerprint density at radius 3 is 2.48 bits per heavy atom. The lowest BCUT2D eigenvalue weighted by Crippen LogP contribution is -2.30. The third-order valence-corrected chi connectivity index (χ3v) is 5.15. The van der Waals surface area contributed by atoms with Gasteiger partial charge in [-0.25, -0.2) is 0 Å². The highest BCUT2D eigenvalue weighted by atomic mass is 32.2. The second-order valence-electron chi connectivity index (χ2n) is 6.47. The molecule has 0 heterocycles. The number of thioether (sulfide) groups is 1. The molecule has 1 amide bonds. The number of likely N-dealkylation sites (N-methyl/N-ethyl adjacent to an activating group) is 1. The van der Waals surface area contributed by atoms with Gasteiger partial charge in [0, 0.05) is 17.1 Å². The van der Waals surface area contributed by atoms with Crippen molar-refractivity contribution in [3.8, 4) is 0 Å². The lowest BCUT2D eigenvalue weighted by atomic mass is 9.97. The van der Waals surface area contributed by atoms with Crippen molar-refractivity contribution >= 4 is 23.4 Å². The molecule has 1 atom stereocenters. The number of carbonyl (C=O) groups is 1. The Hall–Kier alpha value is -1.78. The van der Waals surface area contributed by atoms with E-state index in [0.29, 0.717) is 12.5 Å². The number of nitrogens with zero attached hydrogens (tertiary/aromatic N) is 1. The van der Waals surface area contributed by atoms with Crippen molar-refractivity contribution in [2.75, 3.05) is 25.2 Å². The van der Waals surface area contributed by atoms with Crippen molar-refractivity contribution in [1.82, 2.24) is 4.90 Å². The molecule has 0 saturated carbocycles. The molecule has 0 bridgehead atoms. The molecular weight excluding hydrogens is 328 g/mol. The summed E-state index contributed by atoms with van der Waals surface area (Å²) in [5.41, 5.74) is 3.35. The van der Waals surface area contributed by atoms with E-state index in [4.69, 9.17) is 0 Å². The molecule has 0 saturated heterocycles. The van der Waals surface area contributed by atoms with E-state index in [1.807, 2.05) is 30.1 Å². The summed E-state index contributed by atoms with van der Waals surface area (Å²) in [7, 11) is 1.97. The standard InChI is InChI=1S/C21H28N2OS/c1-5-16(2)19-8-6-7-9-20(19)22-21(24)15-23(3)14-17-10-12-18(25-4)13-11-17/h6-13,16H,5,14-15H2,1-4H3,(H,22,24)/t16-/m0/s1. The van der Waals surface area contributed by atoms with Gasteiger partial charge in [0.05, 0.1) is 6.54 Å². The van der Waals surface area contributed by atoms with Crippen LogP contribution >= 0.6 is 11.8 Å². The Morgan fingerprint density at radius 1 is 1.16 bits per heavy atom. The second-order valence-corrected chi connectivity index (χ2v) is 7.34. The van der Waals surface area contributed by atoms with Crippen LogP contribution in [0.2, 0.25) is 0 Å². The fourth-order valence-corrected chi connectivity index (χ4v) is 3.20. The summed E-state index contributed by atoms with van der Waals surface area (Å²) in [6.07, 6.45) is 3.13. The summed E-state index contributed by atoms with van der Waals surface area (Å²) >= 11 is 1.74. The Morgan fingerprint density at radius 2 is 1.84 bits per heavy atom. The van der Waals surface area contributed by atoms with Crippen molar-refractivity contribution in [3.05, 3.63) is 59.7 Å². The normalized spacial score (nSPS) is 12.2. The monoisotopic (exact) mass is 356 g/mol. The van der Waals surface area contributed by atoms with E-state index in [0.717, 1.165) is 18.7 Å². The van der Waals surface area contributed by atoms with Crippen LogP contribution in [0, 0.1) is 0 Å². The molecule has 134 valence electrons. The molecule has 0 spiro atoms. The molecule has 0 unspecified atom stereocenters. The molecule has 2 aromatic rings. The van der Waals surface area contributed by atoms with Crippen LogP contribution in [0.15, 0.2) is 53.4 Å². The molecule has 1 N–H and O–H groups in total. The van der Waals surface area contributed by atoms with Gasteiger partial charge < -0.3 is 5.32 Å². The highest BCUT2D eigenvalue weighted by Crippen LogP contribution is 2.26. The number of hydrogen-bond donors (Lipinski definition) is 1. The van der Waals surface area contributed by atoms with Gasteiger partial charge in [-0.05, 0) is 55.0 Å². The molecular formula is C21H28N2OS. The lowest BCUT2D eigenvalue weighted by Gasteiger charge is -2.19. The molecule has 2 aromatic carbocycles. The quantitative estimate of drug-likeness (QED) is 0.676. The zero-order valence-electron chi connectivity index (χ0n) is 15.6. The minimum atomic E-state index is 0.0268. The zero-order valence-corrected chi connectivity index (χ0v) is 16.4.